The third-order valence-electron chi connectivity index (χ3n) is 3.55. The van der Waals surface area contributed by atoms with E-state index >= 15 is 0 Å². The first-order valence-corrected chi connectivity index (χ1v) is 7.38. The van der Waals surface area contributed by atoms with Gasteiger partial charge in [0, 0.05) is 13.0 Å². The summed E-state index contributed by atoms with van der Waals surface area (Å²) in [7, 11) is 3.16. The molecule has 0 radical (unpaired) electrons. The molecule has 0 aliphatic heterocycles. The molecule has 2 aromatic rings. The number of carbonyl (C=O) groups is 1. The molecule has 0 bridgehead atoms. The second-order valence-corrected chi connectivity index (χ2v) is 5.09. The van der Waals surface area contributed by atoms with Crippen LogP contribution in [0.2, 0.25) is 0 Å². The zero-order valence-electron chi connectivity index (χ0n) is 13.3. The Hall–Kier alpha value is -2.69. The Bertz CT molecular complexity index is 670. The zero-order valence-corrected chi connectivity index (χ0v) is 13.3. The third kappa shape index (κ3) is 4.64. The van der Waals surface area contributed by atoms with Crippen molar-refractivity contribution < 1.29 is 19.4 Å². The minimum Gasteiger partial charge on any atom is -0.508 e. The number of methoxy groups -OCH3 is 2. The highest BCUT2D eigenvalue weighted by molar-refractivity contribution is 5.76. The quantitative estimate of drug-likeness (QED) is 0.824. The van der Waals surface area contributed by atoms with Crippen LogP contribution in [0, 0.1) is 0 Å². The van der Waals surface area contributed by atoms with Crippen molar-refractivity contribution >= 4 is 5.91 Å². The van der Waals surface area contributed by atoms with Crippen molar-refractivity contribution in [2.24, 2.45) is 0 Å². The van der Waals surface area contributed by atoms with Crippen LogP contribution in [0.15, 0.2) is 42.5 Å². The van der Waals surface area contributed by atoms with Gasteiger partial charge in [-0.25, -0.2) is 0 Å². The number of phenols is 1. The highest BCUT2D eigenvalue weighted by Crippen LogP contribution is 2.27. The van der Waals surface area contributed by atoms with Crippen molar-refractivity contribution in [1.82, 2.24) is 5.32 Å². The van der Waals surface area contributed by atoms with E-state index < -0.39 is 0 Å². The zero-order chi connectivity index (χ0) is 16.7. The first-order valence-electron chi connectivity index (χ1n) is 7.38. The van der Waals surface area contributed by atoms with Crippen molar-refractivity contribution in [3.05, 3.63) is 53.6 Å². The van der Waals surface area contributed by atoms with E-state index in [4.69, 9.17) is 9.47 Å². The molecule has 2 aromatic carbocycles. The van der Waals surface area contributed by atoms with Crippen molar-refractivity contribution in [2.45, 2.75) is 19.4 Å². The summed E-state index contributed by atoms with van der Waals surface area (Å²) < 4.78 is 10.4. The van der Waals surface area contributed by atoms with Crippen molar-refractivity contribution in [2.75, 3.05) is 14.2 Å². The highest BCUT2D eigenvalue weighted by Gasteiger charge is 2.07. The van der Waals surface area contributed by atoms with Gasteiger partial charge in [-0.15, -0.1) is 0 Å². The first-order chi connectivity index (χ1) is 11.1. The predicted octanol–water partition coefficient (Wildman–Crippen LogP) is 2.66. The fourth-order valence-corrected chi connectivity index (χ4v) is 2.25. The van der Waals surface area contributed by atoms with Crippen LogP contribution < -0.4 is 14.8 Å². The standard InChI is InChI=1S/C18H21NO4/c1-22-16-9-7-13(11-17(16)23-2)12-19-18(21)10-8-14-5-3-4-6-15(14)20/h3-7,9,11,20H,8,10,12H2,1-2H3,(H,19,21). The number of hydrogen-bond acceptors (Lipinski definition) is 4. The Morgan fingerprint density at radius 2 is 1.83 bits per heavy atom. The van der Waals surface area contributed by atoms with Crippen LogP contribution in [0.3, 0.4) is 0 Å². The number of aromatic hydroxyl groups is 1. The number of hydrogen-bond donors (Lipinski definition) is 2. The summed E-state index contributed by atoms with van der Waals surface area (Å²) in [6.45, 7) is 0.417. The molecule has 2 N–H and O–H groups in total. The Morgan fingerprint density at radius 1 is 1.09 bits per heavy atom. The van der Waals surface area contributed by atoms with E-state index in [0.29, 0.717) is 30.9 Å². The second-order valence-electron chi connectivity index (χ2n) is 5.09. The first kappa shape index (κ1) is 16.7. The van der Waals surface area contributed by atoms with Gasteiger partial charge in [-0.1, -0.05) is 24.3 Å². The number of carbonyl (C=O) groups excluding carboxylic acids is 1. The van der Waals surface area contributed by atoms with Gasteiger partial charge in [-0.05, 0) is 35.7 Å². The molecule has 0 aliphatic carbocycles. The fraction of sp³-hybridized carbons (Fsp3) is 0.278. The van der Waals surface area contributed by atoms with Gasteiger partial charge in [0.25, 0.3) is 0 Å². The summed E-state index contributed by atoms with van der Waals surface area (Å²) in [5.74, 6) is 1.44. The topological polar surface area (TPSA) is 67.8 Å². The molecule has 0 aliphatic rings. The molecule has 5 nitrogen and oxygen atoms in total. The second kappa shape index (κ2) is 8.08. The maximum absolute atomic E-state index is 11.9. The average molecular weight is 315 g/mol. The van der Waals surface area contributed by atoms with Gasteiger partial charge in [-0.3, -0.25) is 4.79 Å². The van der Waals surface area contributed by atoms with Gasteiger partial charge in [0.2, 0.25) is 5.91 Å². The Kier molecular flexibility index (Phi) is 5.86. The highest BCUT2D eigenvalue weighted by atomic mass is 16.5. The minimum absolute atomic E-state index is 0.0666. The number of phenolic OH excluding ortho intramolecular Hbond substituents is 1. The summed E-state index contributed by atoms with van der Waals surface area (Å²) >= 11 is 0. The Balaban J connectivity index is 1.86. The maximum atomic E-state index is 11.9. The van der Waals surface area contributed by atoms with Gasteiger partial charge < -0.3 is 19.9 Å². The maximum Gasteiger partial charge on any atom is 0.220 e. The van der Waals surface area contributed by atoms with Crippen LogP contribution in [0.5, 0.6) is 17.2 Å². The summed E-state index contributed by atoms with van der Waals surface area (Å²) in [5.41, 5.74) is 1.70. The number of ether oxygens (including phenoxy) is 2. The van der Waals surface area contributed by atoms with Crippen molar-refractivity contribution in [3.63, 3.8) is 0 Å². The number of rotatable bonds is 7. The molecule has 0 unspecified atom stereocenters. The third-order valence-corrected chi connectivity index (χ3v) is 3.55. The lowest BCUT2D eigenvalue weighted by molar-refractivity contribution is -0.121. The smallest absolute Gasteiger partial charge is 0.220 e. The van der Waals surface area contributed by atoms with E-state index in [0.717, 1.165) is 11.1 Å². The molecule has 23 heavy (non-hydrogen) atoms. The number of benzene rings is 2. The van der Waals surface area contributed by atoms with Crippen molar-refractivity contribution in [3.8, 4) is 17.2 Å². The van der Waals surface area contributed by atoms with E-state index in [1.54, 1.807) is 26.4 Å². The molecule has 122 valence electrons. The van der Waals surface area contributed by atoms with Crippen LogP contribution in [0.4, 0.5) is 0 Å². The van der Waals surface area contributed by atoms with Crippen LogP contribution in [-0.2, 0) is 17.8 Å². The van der Waals surface area contributed by atoms with E-state index in [2.05, 4.69) is 5.32 Å². The SMILES string of the molecule is COc1ccc(CNC(=O)CCc2ccccc2O)cc1OC. The van der Waals surface area contributed by atoms with Crippen LogP contribution in [-0.4, -0.2) is 25.2 Å². The average Bonchev–Trinajstić information content (AvgIpc) is 2.58. The van der Waals surface area contributed by atoms with E-state index in [1.807, 2.05) is 30.3 Å². The van der Waals surface area contributed by atoms with E-state index in [1.165, 1.54) is 0 Å². The predicted molar refractivity (Wildman–Crippen MR) is 87.8 cm³/mol. The number of nitrogens with one attached hydrogen (secondary N) is 1. The summed E-state index contributed by atoms with van der Waals surface area (Å²) in [4.78, 5) is 11.9. The fourth-order valence-electron chi connectivity index (χ4n) is 2.25. The molecular formula is C18H21NO4. The lowest BCUT2D eigenvalue weighted by atomic mass is 10.1. The Labute approximate surface area is 135 Å². The van der Waals surface area contributed by atoms with Crippen LogP contribution in [0.25, 0.3) is 0 Å². The Morgan fingerprint density at radius 3 is 2.52 bits per heavy atom. The lowest BCUT2D eigenvalue weighted by Gasteiger charge is -2.10. The molecule has 0 fully saturated rings. The summed E-state index contributed by atoms with van der Waals surface area (Å²) in [6, 6.07) is 12.6. The molecule has 2 rings (SSSR count). The number of aryl methyl sites for hydroxylation is 1. The van der Waals surface area contributed by atoms with Gasteiger partial charge in [-0.2, -0.15) is 0 Å². The minimum atomic E-state index is -0.0666. The molecular weight excluding hydrogens is 294 g/mol. The molecule has 1 amide bonds. The largest absolute Gasteiger partial charge is 0.508 e. The van der Waals surface area contributed by atoms with E-state index in [-0.39, 0.29) is 11.7 Å². The monoisotopic (exact) mass is 315 g/mol. The molecule has 5 heteroatoms. The van der Waals surface area contributed by atoms with Gasteiger partial charge >= 0.3 is 0 Å². The van der Waals surface area contributed by atoms with Crippen LogP contribution in [0.1, 0.15) is 17.5 Å². The number of amides is 1. The lowest BCUT2D eigenvalue weighted by Crippen LogP contribution is -2.23. The molecule has 0 heterocycles. The summed E-state index contributed by atoms with van der Waals surface area (Å²) in [5, 5.41) is 12.5. The molecule has 0 aromatic heterocycles. The van der Waals surface area contributed by atoms with Gasteiger partial charge in [0.1, 0.15) is 5.75 Å². The van der Waals surface area contributed by atoms with Gasteiger partial charge in [0.15, 0.2) is 11.5 Å². The van der Waals surface area contributed by atoms with E-state index in [9.17, 15) is 9.90 Å². The summed E-state index contributed by atoms with van der Waals surface area (Å²) in [6.07, 6.45) is 0.829. The molecule has 0 saturated heterocycles. The van der Waals surface area contributed by atoms with Gasteiger partial charge in [0.05, 0.1) is 14.2 Å². The normalized spacial score (nSPS) is 10.2. The van der Waals surface area contributed by atoms with Crippen LogP contribution >= 0.6 is 0 Å². The molecule has 0 atom stereocenters. The number of para-hydroxylation sites is 1. The molecule has 0 saturated carbocycles. The molecule has 0 spiro atoms. The van der Waals surface area contributed by atoms with Crippen molar-refractivity contribution in [1.29, 1.82) is 0 Å².